The van der Waals surface area contributed by atoms with Gasteiger partial charge in [0.15, 0.2) is 0 Å². The van der Waals surface area contributed by atoms with Crippen LogP contribution < -0.4 is 0 Å². The Morgan fingerprint density at radius 2 is 2.06 bits per heavy atom. The monoisotopic (exact) mass is 256 g/mol. The second-order valence-corrected chi connectivity index (χ2v) is 4.88. The average Bonchev–Trinajstić information content (AvgIpc) is 2.23. The SMILES string of the molecule is C/C=C\C(C)(C=O)Cc1ccc(Cl)cc1Cl. The molecular weight excluding hydrogens is 243 g/mol. The van der Waals surface area contributed by atoms with Gasteiger partial charge in [-0.2, -0.15) is 0 Å². The van der Waals surface area contributed by atoms with Crippen LogP contribution in [0.3, 0.4) is 0 Å². The van der Waals surface area contributed by atoms with E-state index in [0.29, 0.717) is 16.5 Å². The Morgan fingerprint density at radius 3 is 2.56 bits per heavy atom. The summed E-state index contributed by atoms with van der Waals surface area (Å²) in [6, 6.07) is 5.33. The van der Waals surface area contributed by atoms with Crippen molar-refractivity contribution in [3.05, 3.63) is 46.0 Å². The molecule has 0 N–H and O–H groups in total. The number of rotatable bonds is 4. The molecule has 16 heavy (non-hydrogen) atoms. The first-order valence-electron chi connectivity index (χ1n) is 5.05. The summed E-state index contributed by atoms with van der Waals surface area (Å²) in [6.07, 6.45) is 5.28. The smallest absolute Gasteiger partial charge is 0.129 e. The van der Waals surface area contributed by atoms with Crippen LogP contribution >= 0.6 is 23.2 Å². The van der Waals surface area contributed by atoms with Crippen LogP contribution in [0.1, 0.15) is 19.4 Å². The fourth-order valence-corrected chi connectivity index (χ4v) is 2.07. The minimum absolute atomic E-state index is 0.508. The number of aldehydes is 1. The van der Waals surface area contributed by atoms with Crippen molar-refractivity contribution >= 4 is 29.5 Å². The van der Waals surface area contributed by atoms with Gasteiger partial charge in [0.25, 0.3) is 0 Å². The van der Waals surface area contributed by atoms with Gasteiger partial charge >= 0.3 is 0 Å². The van der Waals surface area contributed by atoms with E-state index in [0.717, 1.165) is 11.8 Å². The van der Waals surface area contributed by atoms with Gasteiger partial charge in [0.05, 0.1) is 0 Å². The zero-order valence-corrected chi connectivity index (χ0v) is 10.8. The van der Waals surface area contributed by atoms with E-state index in [4.69, 9.17) is 23.2 Å². The van der Waals surface area contributed by atoms with E-state index >= 15 is 0 Å². The Hall–Kier alpha value is -0.790. The third-order valence-corrected chi connectivity index (χ3v) is 2.99. The van der Waals surface area contributed by atoms with Gasteiger partial charge in [0.1, 0.15) is 6.29 Å². The topological polar surface area (TPSA) is 17.1 Å². The third kappa shape index (κ3) is 3.36. The first kappa shape index (κ1) is 13.3. The predicted octanol–water partition coefficient (Wildman–Crippen LogP) is 4.32. The summed E-state index contributed by atoms with van der Waals surface area (Å²) in [5.41, 5.74) is 0.422. The van der Waals surface area contributed by atoms with Crippen LogP contribution in [0.2, 0.25) is 10.0 Å². The Morgan fingerprint density at radius 1 is 1.38 bits per heavy atom. The molecule has 0 aliphatic carbocycles. The van der Waals surface area contributed by atoms with Gasteiger partial charge < -0.3 is 4.79 Å². The molecule has 0 bridgehead atoms. The zero-order chi connectivity index (χ0) is 12.2. The van der Waals surface area contributed by atoms with Crippen molar-refractivity contribution in [1.82, 2.24) is 0 Å². The van der Waals surface area contributed by atoms with Crippen LogP contribution in [0, 0.1) is 5.41 Å². The summed E-state index contributed by atoms with van der Waals surface area (Å²) in [5, 5.41) is 1.21. The molecule has 0 amide bonds. The molecule has 1 atom stereocenters. The van der Waals surface area contributed by atoms with Crippen molar-refractivity contribution < 1.29 is 4.79 Å². The molecule has 0 aliphatic rings. The highest BCUT2D eigenvalue weighted by molar-refractivity contribution is 6.35. The molecule has 1 aromatic carbocycles. The highest BCUT2D eigenvalue weighted by Gasteiger charge is 2.21. The summed E-state index contributed by atoms with van der Waals surface area (Å²) < 4.78 is 0. The molecule has 0 heterocycles. The normalized spacial score (nSPS) is 15.0. The van der Waals surface area contributed by atoms with Crippen molar-refractivity contribution in [1.29, 1.82) is 0 Å². The minimum atomic E-state index is -0.508. The molecule has 1 nitrogen and oxygen atoms in total. The standard InChI is InChI=1S/C13H14Cl2O/c1-3-6-13(2,9-16)8-10-4-5-11(14)7-12(10)15/h3-7,9H,8H2,1-2H3/b6-3-. The summed E-state index contributed by atoms with van der Waals surface area (Å²) >= 11 is 11.9. The van der Waals surface area contributed by atoms with Crippen LogP contribution in [-0.2, 0) is 11.2 Å². The van der Waals surface area contributed by atoms with Crippen LogP contribution in [-0.4, -0.2) is 6.29 Å². The second kappa shape index (κ2) is 5.51. The summed E-state index contributed by atoms with van der Waals surface area (Å²) in [5.74, 6) is 0. The van der Waals surface area contributed by atoms with Crippen molar-refractivity contribution in [2.45, 2.75) is 20.3 Å². The van der Waals surface area contributed by atoms with Crippen LogP contribution in [0.5, 0.6) is 0 Å². The number of carbonyl (C=O) groups is 1. The quantitative estimate of drug-likeness (QED) is 0.580. The zero-order valence-electron chi connectivity index (χ0n) is 9.34. The molecule has 0 aliphatic heterocycles. The first-order valence-corrected chi connectivity index (χ1v) is 5.80. The predicted molar refractivity (Wildman–Crippen MR) is 69.2 cm³/mol. The molecule has 1 aromatic rings. The van der Waals surface area contributed by atoms with Crippen LogP contribution in [0.25, 0.3) is 0 Å². The Kier molecular flexibility index (Phi) is 4.57. The van der Waals surface area contributed by atoms with E-state index in [2.05, 4.69) is 0 Å². The van der Waals surface area contributed by atoms with E-state index in [1.165, 1.54) is 0 Å². The van der Waals surface area contributed by atoms with Gasteiger partial charge in [-0.3, -0.25) is 0 Å². The lowest BCUT2D eigenvalue weighted by Gasteiger charge is -2.19. The van der Waals surface area contributed by atoms with E-state index in [1.54, 1.807) is 12.1 Å². The van der Waals surface area contributed by atoms with E-state index < -0.39 is 5.41 Å². The third-order valence-electron chi connectivity index (χ3n) is 2.40. The Bertz CT molecular complexity index is 412. The first-order chi connectivity index (χ1) is 7.50. The molecule has 0 spiro atoms. The molecule has 0 saturated carbocycles. The molecule has 3 heteroatoms. The second-order valence-electron chi connectivity index (χ2n) is 4.04. The average molecular weight is 257 g/mol. The highest BCUT2D eigenvalue weighted by Crippen LogP contribution is 2.28. The van der Waals surface area contributed by atoms with Crippen molar-refractivity contribution in [2.24, 2.45) is 5.41 Å². The fourth-order valence-electron chi connectivity index (χ4n) is 1.60. The van der Waals surface area contributed by atoms with Gasteiger partial charge in [-0.15, -0.1) is 0 Å². The van der Waals surface area contributed by atoms with Gasteiger partial charge in [0.2, 0.25) is 0 Å². The maximum Gasteiger partial charge on any atom is 0.129 e. The molecule has 86 valence electrons. The van der Waals surface area contributed by atoms with Crippen molar-refractivity contribution in [3.8, 4) is 0 Å². The van der Waals surface area contributed by atoms with Crippen molar-refractivity contribution in [2.75, 3.05) is 0 Å². The Labute approximate surface area is 106 Å². The lowest BCUT2D eigenvalue weighted by Crippen LogP contribution is -2.18. The summed E-state index contributed by atoms with van der Waals surface area (Å²) in [4.78, 5) is 11.1. The van der Waals surface area contributed by atoms with E-state index in [1.807, 2.05) is 32.1 Å². The molecule has 0 fully saturated rings. The number of hydrogen-bond donors (Lipinski definition) is 0. The lowest BCUT2D eigenvalue weighted by molar-refractivity contribution is -0.113. The number of allylic oxidation sites excluding steroid dienone is 2. The molecule has 0 radical (unpaired) electrons. The molecular formula is C13H14Cl2O. The lowest BCUT2D eigenvalue weighted by atomic mass is 9.85. The molecule has 1 unspecified atom stereocenters. The van der Waals surface area contributed by atoms with E-state index in [-0.39, 0.29) is 0 Å². The van der Waals surface area contributed by atoms with Crippen LogP contribution in [0.4, 0.5) is 0 Å². The van der Waals surface area contributed by atoms with Gasteiger partial charge in [-0.1, -0.05) is 41.4 Å². The number of carbonyl (C=O) groups excluding carboxylic acids is 1. The highest BCUT2D eigenvalue weighted by atomic mass is 35.5. The molecule has 1 rings (SSSR count). The van der Waals surface area contributed by atoms with Crippen molar-refractivity contribution in [3.63, 3.8) is 0 Å². The number of benzene rings is 1. The summed E-state index contributed by atoms with van der Waals surface area (Å²) in [6.45, 7) is 3.77. The molecule has 0 aromatic heterocycles. The number of halogens is 2. The van der Waals surface area contributed by atoms with E-state index in [9.17, 15) is 4.79 Å². The Balaban J connectivity index is 2.99. The largest absolute Gasteiger partial charge is 0.302 e. The molecule has 0 saturated heterocycles. The van der Waals surface area contributed by atoms with Gasteiger partial charge in [0, 0.05) is 15.5 Å². The summed E-state index contributed by atoms with van der Waals surface area (Å²) in [7, 11) is 0. The maximum absolute atomic E-state index is 11.1. The van der Waals surface area contributed by atoms with Gasteiger partial charge in [-0.25, -0.2) is 0 Å². The maximum atomic E-state index is 11.1. The number of hydrogen-bond acceptors (Lipinski definition) is 1. The van der Waals surface area contributed by atoms with Crippen LogP contribution in [0.15, 0.2) is 30.4 Å². The van der Waals surface area contributed by atoms with Gasteiger partial charge in [-0.05, 0) is 38.0 Å². The fraction of sp³-hybridized carbons (Fsp3) is 0.308. The minimum Gasteiger partial charge on any atom is -0.302 e.